The van der Waals surface area contributed by atoms with Crippen molar-refractivity contribution in [2.45, 2.75) is 45.2 Å². The number of halogens is 2. The van der Waals surface area contributed by atoms with Gasteiger partial charge in [-0.25, -0.2) is 13.8 Å². The number of nitrogen functional groups attached to an aromatic ring is 1. The van der Waals surface area contributed by atoms with Gasteiger partial charge in [-0.1, -0.05) is 0 Å². The van der Waals surface area contributed by atoms with Gasteiger partial charge < -0.3 is 15.4 Å². The van der Waals surface area contributed by atoms with Crippen LogP contribution in [0, 0.1) is 12.8 Å². The summed E-state index contributed by atoms with van der Waals surface area (Å²) in [7, 11) is 1.61. The van der Waals surface area contributed by atoms with E-state index in [0.717, 1.165) is 36.2 Å². The highest BCUT2D eigenvalue weighted by Crippen LogP contribution is 2.37. The Morgan fingerprint density at radius 3 is 2.64 bits per heavy atom. The Morgan fingerprint density at radius 2 is 2.03 bits per heavy atom. The SMILES string of the molecule is COC[C@H](C1CC1)N(Cc1ccc(C(C)(F)F)cn1)C(=O)c1ccc2nc(N)c(C)cc2c1. The maximum Gasteiger partial charge on any atom is 0.272 e. The van der Waals surface area contributed by atoms with Crippen molar-refractivity contribution in [1.82, 2.24) is 14.9 Å². The minimum atomic E-state index is -2.96. The number of carbonyl (C=O) groups is 1. The summed E-state index contributed by atoms with van der Waals surface area (Å²) in [4.78, 5) is 24.0. The quantitative estimate of drug-likeness (QED) is 0.534. The lowest BCUT2D eigenvalue weighted by Gasteiger charge is -2.32. The summed E-state index contributed by atoms with van der Waals surface area (Å²) < 4.78 is 32.6. The van der Waals surface area contributed by atoms with E-state index in [4.69, 9.17) is 10.5 Å². The van der Waals surface area contributed by atoms with Crippen LogP contribution in [0.4, 0.5) is 14.6 Å². The van der Waals surface area contributed by atoms with Gasteiger partial charge in [-0.05, 0) is 67.6 Å². The van der Waals surface area contributed by atoms with Crippen molar-refractivity contribution in [2.24, 2.45) is 5.92 Å². The highest BCUT2D eigenvalue weighted by atomic mass is 19.3. The molecule has 2 heterocycles. The summed E-state index contributed by atoms with van der Waals surface area (Å²) in [6.45, 7) is 3.31. The molecule has 2 aromatic heterocycles. The zero-order valence-electron chi connectivity index (χ0n) is 19.0. The van der Waals surface area contributed by atoms with E-state index < -0.39 is 5.92 Å². The predicted octanol–water partition coefficient (Wildman–Crippen LogP) is 4.70. The molecule has 8 heteroatoms. The standard InChI is InChI=1S/C25H28F2N4O2/c1-15-10-18-11-17(6-9-21(18)30-23(15)28)24(32)31(22(14-33-3)16-4-5-16)13-20-8-7-19(12-29-20)25(2,26)27/h6-12,16,22H,4-5,13-14H2,1-3H3,(H2,28,30)/t22-/m1/s1. The fraction of sp³-hybridized carbons (Fsp3) is 0.400. The number of ether oxygens (including phenoxy) is 1. The number of methoxy groups -OCH3 is 1. The molecule has 0 bridgehead atoms. The summed E-state index contributed by atoms with van der Waals surface area (Å²) >= 11 is 0. The molecule has 0 radical (unpaired) electrons. The zero-order valence-corrected chi connectivity index (χ0v) is 19.0. The molecule has 1 saturated carbocycles. The number of aromatic nitrogens is 2. The summed E-state index contributed by atoms with van der Waals surface area (Å²) in [5.74, 6) is -2.32. The number of hydrogen-bond donors (Lipinski definition) is 1. The minimum absolute atomic E-state index is 0.126. The molecule has 174 valence electrons. The largest absolute Gasteiger partial charge is 0.383 e. The monoisotopic (exact) mass is 454 g/mol. The van der Waals surface area contributed by atoms with Crippen LogP contribution in [0.3, 0.4) is 0 Å². The van der Waals surface area contributed by atoms with Crippen molar-refractivity contribution in [1.29, 1.82) is 0 Å². The second-order valence-electron chi connectivity index (χ2n) is 8.82. The van der Waals surface area contributed by atoms with Crippen molar-refractivity contribution < 1.29 is 18.3 Å². The van der Waals surface area contributed by atoms with Gasteiger partial charge in [0.05, 0.1) is 30.4 Å². The van der Waals surface area contributed by atoms with Gasteiger partial charge in [0, 0.05) is 36.7 Å². The molecular weight excluding hydrogens is 426 g/mol. The van der Waals surface area contributed by atoms with Gasteiger partial charge >= 0.3 is 0 Å². The molecule has 0 aliphatic heterocycles. The van der Waals surface area contributed by atoms with Gasteiger partial charge in [0.1, 0.15) is 5.82 Å². The van der Waals surface area contributed by atoms with Crippen LogP contribution in [-0.4, -0.2) is 40.5 Å². The second kappa shape index (κ2) is 9.02. The van der Waals surface area contributed by atoms with E-state index >= 15 is 0 Å². The molecule has 4 rings (SSSR count). The molecule has 1 fully saturated rings. The van der Waals surface area contributed by atoms with Gasteiger partial charge in [0.2, 0.25) is 0 Å². The maximum absolute atomic E-state index is 13.7. The van der Waals surface area contributed by atoms with Crippen LogP contribution in [0.1, 0.15) is 46.9 Å². The van der Waals surface area contributed by atoms with Crippen LogP contribution in [0.5, 0.6) is 0 Å². The van der Waals surface area contributed by atoms with Crippen LogP contribution < -0.4 is 5.73 Å². The van der Waals surface area contributed by atoms with Gasteiger partial charge in [-0.2, -0.15) is 0 Å². The lowest BCUT2D eigenvalue weighted by molar-refractivity contribution is 0.0169. The fourth-order valence-electron chi connectivity index (χ4n) is 4.02. The van der Waals surface area contributed by atoms with Crippen molar-refractivity contribution in [2.75, 3.05) is 19.5 Å². The first-order valence-corrected chi connectivity index (χ1v) is 11.0. The predicted molar refractivity (Wildman–Crippen MR) is 123 cm³/mol. The molecule has 33 heavy (non-hydrogen) atoms. The number of benzene rings is 1. The number of alkyl halides is 2. The Balaban J connectivity index is 1.67. The average Bonchev–Trinajstić information content (AvgIpc) is 3.61. The topological polar surface area (TPSA) is 81.3 Å². The van der Waals surface area contributed by atoms with Crippen molar-refractivity contribution >= 4 is 22.6 Å². The highest BCUT2D eigenvalue weighted by Gasteiger charge is 2.38. The first kappa shape index (κ1) is 23.0. The molecule has 1 aliphatic rings. The number of hydrogen-bond acceptors (Lipinski definition) is 5. The van der Waals surface area contributed by atoms with E-state index in [0.29, 0.717) is 29.6 Å². The average molecular weight is 455 g/mol. The Bertz CT molecular complexity index is 1160. The van der Waals surface area contributed by atoms with Crippen molar-refractivity contribution in [3.8, 4) is 0 Å². The first-order valence-electron chi connectivity index (χ1n) is 11.0. The van der Waals surface area contributed by atoms with E-state index in [2.05, 4.69) is 9.97 Å². The molecule has 3 aromatic rings. The minimum Gasteiger partial charge on any atom is -0.383 e. The number of rotatable bonds is 8. The number of aryl methyl sites for hydroxylation is 1. The number of nitrogens with two attached hydrogens (primary N) is 1. The number of nitrogens with zero attached hydrogens (tertiary/aromatic N) is 3. The molecule has 1 atom stereocenters. The third-order valence-corrected chi connectivity index (χ3v) is 6.12. The molecular formula is C25H28F2N4O2. The lowest BCUT2D eigenvalue weighted by Crippen LogP contribution is -2.44. The van der Waals surface area contributed by atoms with Crippen LogP contribution in [0.25, 0.3) is 10.9 Å². The molecule has 0 spiro atoms. The van der Waals surface area contributed by atoms with E-state index in [-0.39, 0.29) is 24.1 Å². The van der Waals surface area contributed by atoms with Gasteiger partial charge in [0.15, 0.2) is 0 Å². The zero-order chi connectivity index (χ0) is 23.8. The third kappa shape index (κ3) is 5.11. The van der Waals surface area contributed by atoms with E-state index in [1.54, 1.807) is 30.2 Å². The van der Waals surface area contributed by atoms with E-state index in [1.807, 2.05) is 19.1 Å². The summed E-state index contributed by atoms with van der Waals surface area (Å²) in [5, 5.41) is 0.829. The van der Waals surface area contributed by atoms with Gasteiger partial charge in [0.25, 0.3) is 11.8 Å². The molecule has 0 unspecified atom stereocenters. The second-order valence-corrected chi connectivity index (χ2v) is 8.82. The highest BCUT2D eigenvalue weighted by molar-refractivity contribution is 5.98. The number of anilines is 1. The Kier molecular flexibility index (Phi) is 6.30. The number of fused-ring (bicyclic) bond motifs is 1. The van der Waals surface area contributed by atoms with Crippen molar-refractivity contribution in [3.05, 3.63) is 65.0 Å². The number of amides is 1. The van der Waals surface area contributed by atoms with Crippen LogP contribution in [-0.2, 0) is 17.2 Å². The Morgan fingerprint density at radius 1 is 1.27 bits per heavy atom. The summed E-state index contributed by atoms with van der Waals surface area (Å²) in [6.07, 6.45) is 3.22. The lowest BCUT2D eigenvalue weighted by atomic mass is 10.0. The maximum atomic E-state index is 13.7. The first-order chi connectivity index (χ1) is 15.7. The van der Waals surface area contributed by atoms with Crippen LogP contribution in [0.15, 0.2) is 42.6 Å². The van der Waals surface area contributed by atoms with E-state index in [1.165, 1.54) is 12.3 Å². The molecule has 2 N–H and O–H groups in total. The van der Waals surface area contributed by atoms with E-state index in [9.17, 15) is 13.6 Å². The molecule has 1 aliphatic carbocycles. The van der Waals surface area contributed by atoms with Crippen LogP contribution >= 0.6 is 0 Å². The molecule has 6 nitrogen and oxygen atoms in total. The van der Waals surface area contributed by atoms with Crippen molar-refractivity contribution in [3.63, 3.8) is 0 Å². The fourth-order valence-corrected chi connectivity index (χ4v) is 4.02. The Hall–Kier alpha value is -3.13. The number of carbonyl (C=O) groups excluding carboxylic acids is 1. The van der Waals surface area contributed by atoms with Gasteiger partial charge in [-0.15, -0.1) is 0 Å². The van der Waals surface area contributed by atoms with Crippen LogP contribution in [0.2, 0.25) is 0 Å². The third-order valence-electron chi connectivity index (χ3n) is 6.12. The molecule has 0 saturated heterocycles. The normalized spacial score (nSPS) is 14.9. The smallest absolute Gasteiger partial charge is 0.272 e. The Labute approximate surface area is 191 Å². The molecule has 1 amide bonds. The number of pyridine rings is 2. The summed E-state index contributed by atoms with van der Waals surface area (Å²) in [6, 6.07) is 10.0. The summed E-state index contributed by atoms with van der Waals surface area (Å²) in [5.41, 5.74) is 8.39. The molecule has 1 aromatic carbocycles. The van der Waals surface area contributed by atoms with Gasteiger partial charge in [-0.3, -0.25) is 9.78 Å².